The molecule has 0 aliphatic carbocycles. The van der Waals surface area contributed by atoms with Crippen molar-refractivity contribution in [2.75, 3.05) is 18.0 Å². The van der Waals surface area contributed by atoms with Gasteiger partial charge in [0.05, 0.1) is 0 Å². The fourth-order valence-electron chi connectivity index (χ4n) is 1.43. The van der Waals surface area contributed by atoms with E-state index in [0.717, 1.165) is 5.56 Å². The van der Waals surface area contributed by atoms with Gasteiger partial charge in [-0.15, -0.1) is 0 Å². The Hall–Kier alpha value is -1.30. The summed E-state index contributed by atoms with van der Waals surface area (Å²) in [5.74, 6) is 0.314. The topological polar surface area (TPSA) is 42.1 Å². The monoisotopic (exact) mass is 247 g/mol. The van der Waals surface area contributed by atoms with Crippen LogP contribution in [0.4, 0.5) is 19.0 Å². The number of hydrogen-bond acceptors (Lipinski definition) is 3. The lowest BCUT2D eigenvalue weighted by Crippen LogP contribution is -2.34. The second kappa shape index (κ2) is 5.35. The Labute approximate surface area is 98.4 Å². The van der Waals surface area contributed by atoms with E-state index in [2.05, 4.69) is 4.98 Å². The van der Waals surface area contributed by atoms with Crippen molar-refractivity contribution in [3.63, 3.8) is 0 Å². The average molecular weight is 247 g/mol. The van der Waals surface area contributed by atoms with Crippen LogP contribution in [0.1, 0.15) is 25.5 Å². The Kier molecular flexibility index (Phi) is 4.34. The van der Waals surface area contributed by atoms with Crippen LogP contribution in [0.5, 0.6) is 0 Å². The number of nitrogens with two attached hydrogens (primary N) is 1. The molecule has 0 saturated heterocycles. The van der Waals surface area contributed by atoms with Gasteiger partial charge in [-0.1, -0.05) is 6.07 Å². The van der Waals surface area contributed by atoms with Gasteiger partial charge in [0.2, 0.25) is 0 Å². The van der Waals surface area contributed by atoms with E-state index in [0.29, 0.717) is 5.82 Å². The standard InChI is InChI=1S/C11H16F3N3/c1-3-17(7-11(12,13)14)10-5-4-9(6-16-10)8(2)15/h4-6,8H,3,7,15H2,1-2H3/t8-/m1/s1. The van der Waals surface area contributed by atoms with Crippen LogP contribution in [-0.2, 0) is 0 Å². The molecule has 1 rings (SSSR count). The van der Waals surface area contributed by atoms with Crippen LogP contribution in [0, 0.1) is 0 Å². The Balaban J connectivity index is 2.82. The summed E-state index contributed by atoms with van der Waals surface area (Å²) in [6.45, 7) is 2.72. The Morgan fingerprint density at radius 2 is 2.06 bits per heavy atom. The van der Waals surface area contributed by atoms with Gasteiger partial charge >= 0.3 is 6.18 Å². The van der Waals surface area contributed by atoms with Crippen molar-refractivity contribution in [3.05, 3.63) is 23.9 Å². The van der Waals surface area contributed by atoms with Crippen LogP contribution in [-0.4, -0.2) is 24.2 Å². The summed E-state index contributed by atoms with van der Waals surface area (Å²) in [4.78, 5) is 5.17. The van der Waals surface area contributed by atoms with Crippen LogP contribution in [0.15, 0.2) is 18.3 Å². The zero-order valence-electron chi connectivity index (χ0n) is 9.83. The molecule has 1 aromatic heterocycles. The first-order valence-electron chi connectivity index (χ1n) is 5.36. The number of pyridine rings is 1. The molecule has 0 radical (unpaired) electrons. The molecular formula is C11H16F3N3. The van der Waals surface area contributed by atoms with Crippen LogP contribution in [0.3, 0.4) is 0 Å². The van der Waals surface area contributed by atoms with Crippen molar-refractivity contribution in [1.29, 1.82) is 0 Å². The predicted octanol–water partition coefficient (Wildman–Crippen LogP) is 2.49. The summed E-state index contributed by atoms with van der Waals surface area (Å²) < 4.78 is 36.9. The molecule has 0 fully saturated rings. The first-order valence-corrected chi connectivity index (χ1v) is 5.36. The molecule has 0 aliphatic heterocycles. The van der Waals surface area contributed by atoms with E-state index in [1.165, 1.54) is 11.1 Å². The fourth-order valence-corrected chi connectivity index (χ4v) is 1.43. The molecule has 1 atom stereocenters. The SMILES string of the molecule is CCN(CC(F)(F)F)c1ccc([C@@H](C)N)cn1. The second-order valence-electron chi connectivity index (χ2n) is 3.87. The predicted molar refractivity (Wildman–Crippen MR) is 60.8 cm³/mol. The average Bonchev–Trinajstić information content (AvgIpc) is 2.25. The van der Waals surface area contributed by atoms with E-state index in [-0.39, 0.29) is 12.6 Å². The third-order valence-electron chi connectivity index (χ3n) is 2.37. The molecule has 0 aliphatic rings. The van der Waals surface area contributed by atoms with Crippen molar-refractivity contribution in [2.45, 2.75) is 26.1 Å². The molecule has 17 heavy (non-hydrogen) atoms. The highest BCUT2D eigenvalue weighted by molar-refractivity contribution is 5.39. The molecule has 0 saturated carbocycles. The van der Waals surface area contributed by atoms with E-state index < -0.39 is 12.7 Å². The van der Waals surface area contributed by atoms with Crippen LogP contribution < -0.4 is 10.6 Å². The van der Waals surface area contributed by atoms with Crippen LogP contribution >= 0.6 is 0 Å². The molecule has 2 N–H and O–H groups in total. The summed E-state index contributed by atoms with van der Waals surface area (Å²) in [5, 5.41) is 0. The number of halogens is 3. The smallest absolute Gasteiger partial charge is 0.348 e. The molecule has 0 amide bonds. The second-order valence-corrected chi connectivity index (χ2v) is 3.87. The van der Waals surface area contributed by atoms with Crippen molar-refractivity contribution in [3.8, 4) is 0 Å². The van der Waals surface area contributed by atoms with E-state index >= 15 is 0 Å². The van der Waals surface area contributed by atoms with Crippen LogP contribution in [0.25, 0.3) is 0 Å². The van der Waals surface area contributed by atoms with E-state index in [9.17, 15) is 13.2 Å². The lowest BCUT2D eigenvalue weighted by molar-refractivity contribution is -0.119. The normalized spacial score (nSPS) is 13.5. The zero-order valence-corrected chi connectivity index (χ0v) is 9.83. The molecule has 0 spiro atoms. The lowest BCUT2D eigenvalue weighted by atomic mass is 10.1. The zero-order chi connectivity index (χ0) is 13.1. The fraction of sp³-hybridized carbons (Fsp3) is 0.545. The first-order chi connectivity index (χ1) is 7.83. The third-order valence-corrected chi connectivity index (χ3v) is 2.37. The van der Waals surface area contributed by atoms with E-state index in [1.54, 1.807) is 26.0 Å². The number of rotatable bonds is 4. The molecule has 6 heteroatoms. The summed E-state index contributed by atoms with van der Waals surface area (Å²) >= 11 is 0. The molecule has 3 nitrogen and oxygen atoms in total. The highest BCUT2D eigenvalue weighted by atomic mass is 19.4. The lowest BCUT2D eigenvalue weighted by Gasteiger charge is -2.23. The largest absolute Gasteiger partial charge is 0.405 e. The summed E-state index contributed by atoms with van der Waals surface area (Å²) in [6, 6.07) is 3.09. The van der Waals surface area contributed by atoms with Gasteiger partial charge in [-0.05, 0) is 25.5 Å². The van der Waals surface area contributed by atoms with Gasteiger partial charge in [0.25, 0.3) is 0 Å². The number of alkyl halides is 3. The molecule has 0 bridgehead atoms. The molecule has 1 heterocycles. The minimum Gasteiger partial charge on any atom is -0.348 e. The van der Waals surface area contributed by atoms with Crippen molar-refractivity contribution in [1.82, 2.24) is 4.98 Å². The van der Waals surface area contributed by atoms with E-state index in [1.807, 2.05) is 0 Å². The Bertz CT molecular complexity index is 346. The van der Waals surface area contributed by atoms with Crippen molar-refractivity contribution in [2.24, 2.45) is 5.73 Å². The maximum atomic E-state index is 12.3. The molecule has 0 unspecified atom stereocenters. The van der Waals surface area contributed by atoms with Gasteiger partial charge in [-0.25, -0.2) is 4.98 Å². The number of hydrogen-bond donors (Lipinski definition) is 1. The molecule has 0 aromatic carbocycles. The van der Waals surface area contributed by atoms with Gasteiger partial charge < -0.3 is 10.6 Å². The van der Waals surface area contributed by atoms with Crippen molar-refractivity contribution >= 4 is 5.82 Å². The summed E-state index contributed by atoms with van der Waals surface area (Å²) in [6.07, 6.45) is -2.71. The molecular weight excluding hydrogens is 231 g/mol. The highest BCUT2D eigenvalue weighted by Gasteiger charge is 2.30. The quantitative estimate of drug-likeness (QED) is 0.888. The Morgan fingerprint density at radius 3 is 2.41 bits per heavy atom. The molecule has 1 aromatic rings. The van der Waals surface area contributed by atoms with Crippen molar-refractivity contribution < 1.29 is 13.2 Å². The van der Waals surface area contributed by atoms with Gasteiger partial charge in [-0.2, -0.15) is 13.2 Å². The van der Waals surface area contributed by atoms with Crippen LogP contribution in [0.2, 0.25) is 0 Å². The third kappa shape index (κ3) is 4.22. The van der Waals surface area contributed by atoms with E-state index in [4.69, 9.17) is 5.73 Å². The Morgan fingerprint density at radius 1 is 1.41 bits per heavy atom. The van der Waals surface area contributed by atoms with Gasteiger partial charge in [0.15, 0.2) is 0 Å². The number of anilines is 1. The maximum Gasteiger partial charge on any atom is 0.405 e. The summed E-state index contributed by atoms with van der Waals surface area (Å²) in [5.41, 5.74) is 6.44. The molecule has 96 valence electrons. The van der Waals surface area contributed by atoms with Gasteiger partial charge in [0.1, 0.15) is 12.4 Å². The highest BCUT2D eigenvalue weighted by Crippen LogP contribution is 2.21. The maximum absolute atomic E-state index is 12.3. The van der Waals surface area contributed by atoms with Gasteiger partial charge in [-0.3, -0.25) is 0 Å². The minimum absolute atomic E-state index is 0.172. The van der Waals surface area contributed by atoms with Gasteiger partial charge in [0, 0.05) is 18.8 Å². The minimum atomic E-state index is -4.22. The summed E-state index contributed by atoms with van der Waals surface area (Å²) in [7, 11) is 0. The first kappa shape index (κ1) is 13.8. The number of aromatic nitrogens is 1. The number of nitrogens with zero attached hydrogens (tertiary/aromatic N) is 2.